The van der Waals surface area contributed by atoms with Gasteiger partial charge in [0.25, 0.3) is 0 Å². The van der Waals surface area contributed by atoms with Gasteiger partial charge in [-0.25, -0.2) is 4.98 Å². The van der Waals surface area contributed by atoms with E-state index in [0.717, 1.165) is 0 Å². The normalized spacial score (nSPS) is 12.5. The number of fused-ring (bicyclic) bond motifs is 1. The Morgan fingerprint density at radius 1 is 1.29 bits per heavy atom. The molecule has 0 aliphatic carbocycles. The summed E-state index contributed by atoms with van der Waals surface area (Å²) in [5, 5.41) is 9.31. The summed E-state index contributed by atoms with van der Waals surface area (Å²) < 4.78 is 39.3. The van der Waals surface area contributed by atoms with Crippen molar-refractivity contribution in [2.24, 2.45) is 0 Å². The molecule has 0 saturated heterocycles. The van der Waals surface area contributed by atoms with Crippen LogP contribution in [-0.4, -0.2) is 45.3 Å². The zero-order valence-corrected chi connectivity index (χ0v) is 11.9. The zero-order valence-electron chi connectivity index (χ0n) is 11.1. The van der Waals surface area contributed by atoms with Crippen LogP contribution in [0.3, 0.4) is 0 Å². The van der Waals surface area contributed by atoms with Crippen molar-refractivity contribution in [1.29, 1.82) is 0 Å². The van der Waals surface area contributed by atoms with Gasteiger partial charge in [0, 0.05) is 32.1 Å². The van der Waals surface area contributed by atoms with Crippen molar-refractivity contribution in [1.82, 2.24) is 14.3 Å². The van der Waals surface area contributed by atoms with Crippen LogP contribution in [0, 0.1) is 0 Å². The standard InChI is InChI=1S/C13H15ClF3N3O/c14-10-2-3-12-18-11(8-20(12)6-10)7-19(4-1-5-21)9-13(15,16)17/h2-3,6,8,21H,1,4-5,7,9H2. The maximum atomic E-state index is 12.5. The van der Waals surface area contributed by atoms with Gasteiger partial charge in [0.2, 0.25) is 0 Å². The Hall–Kier alpha value is -1.31. The molecule has 0 aliphatic heterocycles. The lowest BCUT2D eigenvalue weighted by Crippen LogP contribution is -2.35. The predicted molar refractivity (Wildman–Crippen MR) is 73.2 cm³/mol. The average Bonchev–Trinajstić information content (AvgIpc) is 2.75. The number of pyridine rings is 1. The molecule has 0 amide bonds. The molecular weight excluding hydrogens is 307 g/mol. The molecule has 2 heterocycles. The maximum absolute atomic E-state index is 12.5. The SMILES string of the molecule is OCCCN(Cc1cn2cc(Cl)ccc2n1)CC(F)(F)F. The second-order valence-electron chi connectivity index (χ2n) is 4.75. The third-order valence-electron chi connectivity index (χ3n) is 2.89. The molecule has 0 radical (unpaired) electrons. The predicted octanol–water partition coefficient (Wildman–Crippen LogP) is 2.73. The third-order valence-corrected chi connectivity index (χ3v) is 3.11. The number of rotatable bonds is 6. The molecule has 0 aliphatic rings. The van der Waals surface area contributed by atoms with Crippen molar-refractivity contribution in [2.45, 2.75) is 19.1 Å². The van der Waals surface area contributed by atoms with Crippen LogP contribution < -0.4 is 0 Å². The van der Waals surface area contributed by atoms with E-state index in [0.29, 0.717) is 16.4 Å². The lowest BCUT2D eigenvalue weighted by molar-refractivity contribution is -0.147. The molecule has 0 fully saturated rings. The number of aromatic nitrogens is 2. The van der Waals surface area contributed by atoms with Crippen LogP contribution in [-0.2, 0) is 6.54 Å². The number of hydrogen-bond donors (Lipinski definition) is 1. The highest BCUT2D eigenvalue weighted by molar-refractivity contribution is 6.30. The minimum Gasteiger partial charge on any atom is -0.396 e. The van der Waals surface area contributed by atoms with Gasteiger partial charge in [-0.2, -0.15) is 13.2 Å². The zero-order chi connectivity index (χ0) is 15.5. The summed E-state index contributed by atoms with van der Waals surface area (Å²) in [6, 6.07) is 3.38. The van der Waals surface area contributed by atoms with E-state index in [1.54, 1.807) is 28.9 Å². The van der Waals surface area contributed by atoms with Crippen molar-refractivity contribution >= 4 is 17.2 Å². The Kier molecular flexibility index (Phi) is 5.08. The first-order valence-corrected chi connectivity index (χ1v) is 6.78. The molecule has 0 unspecified atom stereocenters. The largest absolute Gasteiger partial charge is 0.401 e. The van der Waals surface area contributed by atoms with Gasteiger partial charge in [0.15, 0.2) is 0 Å². The second-order valence-corrected chi connectivity index (χ2v) is 5.18. The number of nitrogens with zero attached hydrogens (tertiary/aromatic N) is 3. The number of aliphatic hydroxyl groups is 1. The molecule has 1 N–H and O–H groups in total. The van der Waals surface area contributed by atoms with Crippen molar-refractivity contribution in [3.63, 3.8) is 0 Å². The highest BCUT2D eigenvalue weighted by Crippen LogP contribution is 2.19. The Bertz CT molecular complexity index is 600. The summed E-state index contributed by atoms with van der Waals surface area (Å²) in [4.78, 5) is 5.49. The lowest BCUT2D eigenvalue weighted by Gasteiger charge is -2.22. The van der Waals surface area contributed by atoms with Crippen LogP contribution in [0.4, 0.5) is 13.2 Å². The quantitative estimate of drug-likeness (QED) is 0.889. The number of hydrogen-bond acceptors (Lipinski definition) is 3. The molecular formula is C13H15ClF3N3O. The van der Waals surface area contributed by atoms with Crippen molar-refractivity contribution < 1.29 is 18.3 Å². The fourth-order valence-electron chi connectivity index (χ4n) is 2.08. The molecule has 116 valence electrons. The highest BCUT2D eigenvalue weighted by Gasteiger charge is 2.30. The molecule has 8 heteroatoms. The van der Waals surface area contributed by atoms with Crippen LogP contribution in [0.5, 0.6) is 0 Å². The van der Waals surface area contributed by atoms with Crippen LogP contribution in [0.15, 0.2) is 24.5 Å². The number of aliphatic hydroxyl groups excluding tert-OH is 1. The fourth-order valence-corrected chi connectivity index (χ4v) is 2.25. The molecule has 0 aromatic carbocycles. The van der Waals surface area contributed by atoms with E-state index in [-0.39, 0.29) is 26.1 Å². The van der Waals surface area contributed by atoms with Gasteiger partial charge in [-0.3, -0.25) is 4.90 Å². The summed E-state index contributed by atoms with van der Waals surface area (Å²) >= 11 is 5.85. The summed E-state index contributed by atoms with van der Waals surface area (Å²) in [6.45, 7) is -0.944. The second kappa shape index (κ2) is 6.64. The molecule has 0 bridgehead atoms. The van der Waals surface area contributed by atoms with Crippen molar-refractivity contribution in [3.05, 3.63) is 35.2 Å². The third kappa shape index (κ3) is 4.87. The van der Waals surface area contributed by atoms with Gasteiger partial charge in [-0.15, -0.1) is 0 Å². The summed E-state index contributed by atoms with van der Waals surface area (Å²) in [7, 11) is 0. The van der Waals surface area contributed by atoms with E-state index < -0.39 is 12.7 Å². The van der Waals surface area contributed by atoms with Gasteiger partial charge in [-0.05, 0) is 18.6 Å². The number of halogens is 4. The summed E-state index contributed by atoms with van der Waals surface area (Å²) in [5.74, 6) is 0. The van der Waals surface area contributed by atoms with E-state index in [1.165, 1.54) is 4.90 Å². The van der Waals surface area contributed by atoms with Gasteiger partial charge < -0.3 is 9.51 Å². The minimum absolute atomic E-state index is 0.0683. The van der Waals surface area contributed by atoms with E-state index >= 15 is 0 Å². The molecule has 0 atom stereocenters. The summed E-state index contributed by atoms with van der Waals surface area (Å²) in [5.41, 5.74) is 1.16. The van der Waals surface area contributed by atoms with Crippen LogP contribution >= 0.6 is 11.6 Å². The Labute approximate surface area is 124 Å². The first-order valence-electron chi connectivity index (χ1n) is 6.40. The van der Waals surface area contributed by atoms with Crippen LogP contribution in [0.1, 0.15) is 12.1 Å². The first-order chi connectivity index (χ1) is 9.87. The Morgan fingerprint density at radius 2 is 2.05 bits per heavy atom. The molecule has 0 saturated carbocycles. The van der Waals surface area contributed by atoms with Crippen LogP contribution in [0.25, 0.3) is 5.65 Å². The molecule has 4 nitrogen and oxygen atoms in total. The topological polar surface area (TPSA) is 40.8 Å². The van der Waals surface area contributed by atoms with E-state index in [1.807, 2.05) is 0 Å². The number of imidazole rings is 1. The Morgan fingerprint density at radius 3 is 2.71 bits per heavy atom. The molecule has 0 spiro atoms. The van der Waals surface area contributed by atoms with Gasteiger partial charge in [0.05, 0.1) is 17.3 Å². The Balaban J connectivity index is 2.13. The van der Waals surface area contributed by atoms with Crippen molar-refractivity contribution in [3.8, 4) is 0 Å². The first kappa shape index (κ1) is 16.1. The smallest absolute Gasteiger partial charge is 0.396 e. The molecule has 2 aromatic heterocycles. The van der Waals surface area contributed by atoms with Crippen molar-refractivity contribution in [2.75, 3.05) is 19.7 Å². The van der Waals surface area contributed by atoms with E-state index in [2.05, 4.69) is 4.98 Å². The van der Waals surface area contributed by atoms with E-state index in [9.17, 15) is 13.2 Å². The van der Waals surface area contributed by atoms with Gasteiger partial charge >= 0.3 is 6.18 Å². The number of alkyl halides is 3. The fraction of sp³-hybridized carbons (Fsp3) is 0.462. The van der Waals surface area contributed by atoms with E-state index in [4.69, 9.17) is 16.7 Å². The molecule has 21 heavy (non-hydrogen) atoms. The van der Waals surface area contributed by atoms with Crippen LogP contribution in [0.2, 0.25) is 5.02 Å². The highest BCUT2D eigenvalue weighted by atomic mass is 35.5. The summed E-state index contributed by atoms with van der Waals surface area (Å²) in [6.07, 6.45) is -0.689. The average molecular weight is 322 g/mol. The van der Waals surface area contributed by atoms with Gasteiger partial charge in [-0.1, -0.05) is 11.6 Å². The lowest BCUT2D eigenvalue weighted by atomic mass is 10.3. The monoisotopic (exact) mass is 321 g/mol. The maximum Gasteiger partial charge on any atom is 0.401 e. The molecule has 2 rings (SSSR count). The minimum atomic E-state index is -4.28. The van der Waals surface area contributed by atoms with Gasteiger partial charge in [0.1, 0.15) is 5.65 Å². The molecule has 2 aromatic rings.